The molecule has 6 aromatic heterocycles. The number of nitrogens with zero attached hydrogens (tertiary/aromatic N) is 10. The maximum Gasteiger partial charge on any atom is 0.176 e. The maximum atomic E-state index is 4.34. The largest absolute Gasteiger partial charge is 0.385 e. The molecular weight excluding hydrogens is 705 g/mol. The smallest absolute Gasteiger partial charge is 0.176 e. The molecule has 220 valence electrons. The number of rotatable bonds is 7. The van der Waals surface area contributed by atoms with Crippen molar-refractivity contribution in [3.05, 3.63) is 92.3 Å². The van der Waals surface area contributed by atoms with Gasteiger partial charge in [-0.05, 0) is 30.7 Å². The average molecular weight is 742 g/mol. The number of hydrogen-bond donors (Lipinski definition) is 1. The fraction of sp³-hybridized carbons (Fsp3) is 0.267. The van der Waals surface area contributed by atoms with Gasteiger partial charge in [-0.1, -0.05) is 19.4 Å². The van der Waals surface area contributed by atoms with E-state index in [0.717, 1.165) is 46.9 Å². The molecule has 6 rings (SSSR count). The predicted molar refractivity (Wildman–Crippen MR) is 162 cm³/mol. The minimum absolute atomic E-state index is 0. The first-order chi connectivity index (χ1) is 20.0. The van der Waals surface area contributed by atoms with Crippen LogP contribution < -0.4 is 5.32 Å². The van der Waals surface area contributed by atoms with E-state index < -0.39 is 0 Å². The molecule has 0 fully saturated rings. The SMILES string of the molecule is CCCCNc1ccnc(-c2ccccn2)c1.Cn1ccnc1-c1nccn1C.Cn1ccnc1-c1nccn1C.[Os]. The van der Waals surface area contributed by atoms with Crippen LogP contribution in [0.4, 0.5) is 5.69 Å². The van der Waals surface area contributed by atoms with Crippen LogP contribution in [-0.4, -0.2) is 54.7 Å². The third-order valence-electron chi connectivity index (χ3n) is 6.23. The molecule has 0 spiro atoms. The molecule has 6 aromatic rings. The van der Waals surface area contributed by atoms with Gasteiger partial charge in [0.2, 0.25) is 0 Å². The minimum atomic E-state index is 0. The van der Waals surface area contributed by atoms with Crippen molar-refractivity contribution >= 4 is 5.69 Å². The Morgan fingerprint density at radius 2 is 1.05 bits per heavy atom. The molecule has 0 atom stereocenters. The Morgan fingerprint density at radius 1 is 0.571 bits per heavy atom. The molecule has 12 heteroatoms. The molecule has 0 unspecified atom stereocenters. The van der Waals surface area contributed by atoms with Crippen molar-refractivity contribution in [1.82, 2.24) is 48.2 Å². The second-order valence-corrected chi connectivity index (χ2v) is 9.37. The van der Waals surface area contributed by atoms with Gasteiger partial charge in [-0.25, -0.2) is 19.9 Å². The predicted octanol–water partition coefficient (Wildman–Crippen LogP) is 4.99. The molecule has 0 saturated carbocycles. The van der Waals surface area contributed by atoms with Crippen LogP contribution >= 0.6 is 0 Å². The summed E-state index contributed by atoms with van der Waals surface area (Å²) in [5, 5.41) is 3.39. The van der Waals surface area contributed by atoms with Crippen molar-refractivity contribution < 1.29 is 19.8 Å². The Balaban J connectivity index is 0.000000175. The van der Waals surface area contributed by atoms with Gasteiger partial charge in [-0.3, -0.25) is 9.97 Å². The molecule has 0 bridgehead atoms. The Labute approximate surface area is 259 Å². The summed E-state index contributed by atoms with van der Waals surface area (Å²) in [6.45, 7) is 3.19. The van der Waals surface area contributed by atoms with E-state index in [1.54, 1.807) is 31.0 Å². The van der Waals surface area contributed by atoms with E-state index in [-0.39, 0.29) is 19.8 Å². The third kappa shape index (κ3) is 8.54. The van der Waals surface area contributed by atoms with E-state index >= 15 is 0 Å². The second-order valence-electron chi connectivity index (χ2n) is 9.37. The summed E-state index contributed by atoms with van der Waals surface area (Å²) in [6.07, 6.45) is 20.7. The van der Waals surface area contributed by atoms with Crippen LogP contribution in [-0.2, 0) is 48.0 Å². The molecule has 42 heavy (non-hydrogen) atoms. The summed E-state index contributed by atoms with van der Waals surface area (Å²) in [4.78, 5) is 25.4. The van der Waals surface area contributed by atoms with Crippen molar-refractivity contribution in [2.75, 3.05) is 11.9 Å². The summed E-state index contributed by atoms with van der Waals surface area (Å²) in [7, 11) is 7.82. The Hall–Kier alpha value is -4.42. The van der Waals surface area contributed by atoms with Crippen LogP contribution in [0.15, 0.2) is 92.3 Å². The zero-order chi connectivity index (χ0) is 29.0. The van der Waals surface area contributed by atoms with Gasteiger partial charge in [0.15, 0.2) is 23.3 Å². The fourth-order valence-electron chi connectivity index (χ4n) is 3.93. The van der Waals surface area contributed by atoms with Gasteiger partial charge in [-0.15, -0.1) is 0 Å². The van der Waals surface area contributed by atoms with Crippen molar-refractivity contribution in [1.29, 1.82) is 0 Å². The van der Waals surface area contributed by atoms with Crippen molar-refractivity contribution in [2.24, 2.45) is 28.2 Å². The molecular formula is C30H37N11Os. The molecule has 1 N–H and O–H groups in total. The van der Waals surface area contributed by atoms with E-state index in [1.807, 2.05) is 108 Å². The van der Waals surface area contributed by atoms with Gasteiger partial charge in [0.05, 0.1) is 11.4 Å². The standard InChI is InChI=1S/C14H17N3.2C8H10N4.Os/c1-2-3-8-15-12-7-10-17-14(11-12)13-6-4-5-9-16-13;2*1-11-5-3-9-7(11)8-10-4-6-12(8)2;/h4-7,9-11H,2-3,8H2,1H3,(H,15,17);2*3-6H,1-2H3;. The summed E-state index contributed by atoms with van der Waals surface area (Å²) >= 11 is 0. The molecule has 0 aliphatic carbocycles. The molecule has 0 aromatic carbocycles. The number of anilines is 1. The summed E-state index contributed by atoms with van der Waals surface area (Å²) in [6, 6.07) is 9.88. The van der Waals surface area contributed by atoms with Crippen LogP contribution in [0.3, 0.4) is 0 Å². The van der Waals surface area contributed by atoms with Crippen LogP contribution in [0.5, 0.6) is 0 Å². The average Bonchev–Trinajstić information content (AvgIpc) is 3.80. The fourth-order valence-corrected chi connectivity index (χ4v) is 3.93. The number of pyridine rings is 2. The zero-order valence-electron chi connectivity index (χ0n) is 24.6. The third-order valence-corrected chi connectivity index (χ3v) is 6.23. The quantitative estimate of drug-likeness (QED) is 0.230. The van der Waals surface area contributed by atoms with Crippen LogP contribution in [0, 0.1) is 0 Å². The topological polar surface area (TPSA) is 109 Å². The van der Waals surface area contributed by atoms with Gasteiger partial charge in [0, 0.05) is 122 Å². The normalized spacial score (nSPS) is 10.1. The molecule has 0 radical (unpaired) electrons. The number of imidazole rings is 4. The van der Waals surface area contributed by atoms with Crippen molar-refractivity contribution in [3.8, 4) is 34.7 Å². The molecule has 0 saturated heterocycles. The van der Waals surface area contributed by atoms with Crippen molar-refractivity contribution in [2.45, 2.75) is 19.8 Å². The zero-order valence-corrected chi connectivity index (χ0v) is 27.1. The first-order valence-electron chi connectivity index (χ1n) is 13.5. The van der Waals surface area contributed by atoms with Gasteiger partial charge in [0.25, 0.3) is 0 Å². The number of aromatic nitrogens is 10. The van der Waals surface area contributed by atoms with Crippen molar-refractivity contribution in [3.63, 3.8) is 0 Å². The Kier molecular flexibility index (Phi) is 12.3. The summed E-state index contributed by atoms with van der Waals surface area (Å²) < 4.78 is 7.79. The first-order valence-corrected chi connectivity index (χ1v) is 13.5. The molecule has 11 nitrogen and oxygen atoms in total. The van der Waals surface area contributed by atoms with Gasteiger partial charge >= 0.3 is 0 Å². The molecule has 6 heterocycles. The van der Waals surface area contributed by atoms with Crippen LogP contribution in [0.2, 0.25) is 0 Å². The summed E-state index contributed by atoms with van der Waals surface area (Å²) in [5.41, 5.74) is 2.92. The number of unbranched alkanes of at least 4 members (excludes halogenated alkanes) is 1. The molecule has 0 amide bonds. The van der Waals surface area contributed by atoms with Crippen LogP contribution in [0.25, 0.3) is 34.7 Å². The van der Waals surface area contributed by atoms with E-state index in [1.165, 1.54) is 12.8 Å². The Bertz CT molecular complexity index is 1460. The van der Waals surface area contributed by atoms with Gasteiger partial charge in [0.1, 0.15) is 0 Å². The van der Waals surface area contributed by atoms with E-state index in [0.29, 0.717) is 0 Å². The minimum Gasteiger partial charge on any atom is -0.385 e. The first kappa shape index (κ1) is 32.1. The second kappa shape index (κ2) is 16.1. The summed E-state index contributed by atoms with van der Waals surface area (Å²) in [5.74, 6) is 3.56. The Morgan fingerprint density at radius 3 is 1.43 bits per heavy atom. The monoisotopic (exact) mass is 743 g/mol. The van der Waals surface area contributed by atoms with Gasteiger partial charge in [-0.2, -0.15) is 0 Å². The van der Waals surface area contributed by atoms with E-state index in [4.69, 9.17) is 0 Å². The molecule has 0 aliphatic heterocycles. The molecule has 0 aliphatic rings. The van der Waals surface area contributed by atoms with Crippen LogP contribution in [0.1, 0.15) is 19.8 Å². The maximum absolute atomic E-state index is 4.34. The van der Waals surface area contributed by atoms with Gasteiger partial charge < -0.3 is 23.6 Å². The number of aryl methyl sites for hydroxylation is 4. The number of nitrogens with one attached hydrogen (secondary N) is 1. The van der Waals surface area contributed by atoms with E-state index in [2.05, 4.69) is 42.1 Å². The van der Waals surface area contributed by atoms with E-state index in [9.17, 15) is 0 Å². The number of hydrogen-bond acceptors (Lipinski definition) is 7.